The van der Waals surface area contributed by atoms with E-state index in [-0.39, 0.29) is 5.91 Å². The van der Waals surface area contributed by atoms with E-state index < -0.39 is 0 Å². The van der Waals surface area contributed by atoms with Crippen LogP contribution in [0.2, 0.25) is 5.02 Å². The minimum absolute atomic E-state index is 0.107. The molecule has 0 fully saturated rings. The lowest BCUT2D eigenvalue weighted by Gasteiger charge is -2.03. The van der Waals surface area contributed by atoms with Crippen LogP contribution in [0.25, 0.3) is 11.4 Å². The maximum atomic E-state index is 11.1. The van der Waals surface area contributed by atoms with Gasteiger partial charge >= 0.3 is 0 Å². The van der Waals surface area contributed by atoms with E-state index in [9.17, 15) is 4.79 Å². The zero-order valence-corrected chi connectivity index (χ0v) is 14.5. The molecule has 1 heterocycles. The highest BCUT2D eigenvalue weighted by molar-refractivity contribution is 7.98. The second kappa shape index (κ2) is 7.51. The number of benzene rings is 2. The van der Waals surface area contributed by atoms with Crippen LogP contribution in [-0.4, -0.2) is 21.1 Å². The molecule has 122 valence electrons. The summed E-state index contributed by atoms with van der Waals surface area (Å²) in [5, 5.41) is 11.3. The highest BCUT2D eigenvalue weighted by Gasteiger charge is 2.08. The largest absolute Gasteiger partial charge is 0.326 e. The number of nitrogens with one attached hydrogen (secondary N) is 2. The molecule has 0 aliphatic carbocycles. The minimum atomic E-state index is -0.107. The average molecular weight is 359 g/mol. The van der Waals surface area contributed by atoms with Gasteiger partial charge in [0.05, 0.1) is 0 Å². The second-order valence-corrected chi connectivity index (χ2v) is 6.52. The van der Waals surface area contributed by atoms with Crippen molar-refractivity contribution in [3.63, 3.8) is 0 Å². The summed E-state index contributed by atoms with van der Waals surface area (Å²) in [5.41, 5.74) is 2.75. The average Bonchev–Trinajstić information content (AvgIpc) is 3.03. The molecule has 24 heavy (non-hydrogen) atoms. The molecule has 0 aliphatic heterocycles. The second-order valence-electron chi connectivity index (χ2n) is 5.14. The van der Waals surface area contributed by atoms with Crippen molar-refractivity contribution in [2.45, 2.75) is 17.8 Å². The number of thioether (sulfide) groups is 1. The Morgan fingerprint density at radius 3 is 2.79 bits per heavy atom. The summed E-state index contributed by atoms with van der Waals surface area (Å²) in [4.78, 5) is 15.6. The Balaban J connectivity index is 1.69. The molecule has 5 nitrogen and oxygen atoms in total. The van der Waals surface area contributed by atoms with Gasteiger partial charge in [0.1, 0.15) is 0 Å². The first-order chi connectivity index (χ1) is 11.6. The summed E-state index contributed by atoms with van der Waals surface area (Å²) in [6, 6.07) is 15.2. The fraction of sp³-hybridized carbons (Fsp3) is 0.118. The molecule has 1 amide bonds. The van der Waals surface area contributed by atoms with Crippen molar-refractivity contribution < 1.29 is 4.79 Å². The molecule has 0 spiro atoms. The number of halogens is 1. The molecule has 0 saturated heterocycles. The zero-order chi connectivity index (χ0) is 16.9. The van der Waals surface area contributed by atoms with E-state index in [4.69, 9.17) is 11.6 Å². The molecule has 0 aliphatic rings. The predicted molar refractivity (Wildman–Crippen MR) is 97.1 cm³/mol. The maximum absolute atomic E-state index is 11.1. The van der Waals surface area contributed by atoms with Crippen LogP contribution in [-0.2, 0) is 10.5 Å². The van der Waals surface area contributed by atoms with E-state index in [0.717, 1.165) is 27.6 Å². The van der Waals surface area contributed by atoms with Gasteiger partial charge in [-0.15, -0.1) is 5.10 Å². The van der Waals surface area contributed by atoms with Crippen molar-refractivity contribution in [2.24, 2.45) is 0 Å². The summed E-state index contributed by atoms with van der Waals surface area (Å²) in [5.74, 6) is 1.32. The van der Waals surface area contributed by atoms with Gasteiger partial charge in [-0.1, -0.05) is 47.6 Å². The van der Waals surface area contributed by atoms with E-state index in [1.165, 1.54) is 6.92 Å². The first-order valence-corrected chi connectivity index (χ1v) is 8.64. The number of nitrogens with zero attached hydrogens (tertiary/aromatic N) is 2. The highest BCUT2D eigenvalue weighted by Crippen LogP contribution is 2.24. The number of hydrogen-bond donors (Lipinski definition) is 2. The van der Waals surface area contributed by atoms with E-state index in [1.54, 1.807) is 11.8 Å². The standard InChI is InChI=1S/C17H15ClN4OS/c1-11(23)19-15-4-2-3-13(9-15)16-20-17(22-21-16)24-10-12-5-7-14(18)8-6-12/h2-9H,10H2,1H3,(H,19,23)(H,20,21,22). The zero-order valence-electron chi connectivity index (χ0n) is 12.9. The Hall–Kier alpha value is -2.31. The number of aromatic amines is 1. The van der Waals surface area contributed by atoms with Crippen LogP contribution in [0.4, 0.5) is 5.69 Å². The van der Waals surface area contributed by atoms with Crippen molar-refractivity contribution in [1.82, 2.24) is 15.2 Å². The van der Waals surface area contributed by atoms with Crippen LogP contribution in [0.5, 0.6) is 0 Å². The van der Waals surface area contributed by atoms with Crippen molar-refractivity contribution in [3.05, 3.63) is 59.1 Å². The first kappa shape index (κ1) is 16.5. The number of carbonyl (C=O) groups is 1. The molecule has 0 unspecified atom stereocenters. The van der Waals surface area contributed by atoms with Crippen molar-refractivity contribution in [1.29, 1.82) is 0 Å². The van der Waals surface area contributed by atoms with Gasteiger partial charge in [-0.2, -0.15) is 0 Å². The van der Waals surface area contributed by atoms with E-state index in [0.29, 0.717) is 11.0 Å². The van der Waals surface area contributed by atoms with Gasteiger partial charge < -0.3 is 5.32 Å². The Morgan fingerprint density at radius 1 is 1.25 bits per heavy atom. The number of rotatable bonds is 5. The van der Waals surface area contributed by atoms with Gasteiger partial charge in [-0.05, 0) is 29.8 Å². The Morgan fingerprint density at radius 2 is 2.04 bits per heavy atom. The van der Waals surface area contributed by atoms with Crippen LogP contribution in [0.1, 0.15) is 12.5 Å². The molecule has 2 N–H and O–H groups in total. The third kappa shape index (κ3) is 4.37. The summed E-state index contributed by atoms with van der Waals surface area (Å²) in [7, 11) is 0. The molecule has 1 aromatic heterocycles. The molecule has 3 aromatic rings. The Bertz CT molecular complexity index is 848. The molecule has 3 rings (SSSR count). The molecule has 2 aromatic carbocycles. The van der Waals surface area contributed by atoms with Crippen LogP contribution < -0.4 is 5.32 Å². The van der Waals surface area contributed by atoms with Crippen LogP contribution in [0.3, 0.4) is 0 Å². The molecule has 0 atom stereocenters. The molecular weight excluding hydrogens is 344 g/mol. The number of aromatic nitrogens is 3. The molecule has 7 heteroatoms. The highest BCUT2D eigenvalue weighted by atomic mass is 35.5. The van der Waals surface area contributed by atoms with E-state index >= 15 is 0 Å². The van der Waals surface area contributed by atoms with Crippen LogP contribution >= 0.6 is 23.4 Å². The lowest BCUT2D eigenvalue weighted by molar-refractivity contribution is -0.114. The van der Waals surface area contributed by atoms with Gasteiger partial charge in [0.2, 0.25) is 11.1 Å². The fourth-order valence-electron chi connectivity index (χ4n) is 2.12. The third-order valence-corrected chi connectivity index (χ3v) is 4.37. The van der Waals surface area contributed by atoms with Crippen LogP contribution in [0, 0.1) is 0 Å². The number of hydrogen-bond acceptors (Lipinski definition) is 4. The predicted octanol–water partition coefficient (Wildman–Crippen LogP) is 4.38. The van der Waals surface area contributed by atoms with Gasteiger partial charge in [-0.25, -0.2) is 4.98 Å². The number of anilines is 1. The smallest absolute Gasteiger partial charge is 0.221 e. The normalized spacial score (nSPS) is 10.6. The molecular formula is C17H15ClN4OS. The van der Waals surface area contributed by atoms with Gasteiger partial charge in [-0.3, -0.25) is 9.89 Å². The number of amides is 1. The maximum Gasteiger partial charge on any atom is 0.221 e. The topological polar surface area (TPSA) is 70.7 Å². The minimum Gasteiger partial charge on any atom is -0.326 e. The van der Waals surface area contributed by atoms with E-state index in [2.05, 4.69) is 20.5 Å². The fourth-order valence-corrected chi connectivity index (χ4v) is 3.00. The third-order valence-electron chi connectivity index (χ3n) is 3.20. The SMILES string of the molecule is CC(=O)Nc1cccc(-c2nc(SCc3ccc(Cl)cc3)n[nH]2)c1. The first-order valence-electron chi connectivity index (χ1n) is 7.28. The van der Waals surface area contributed by atoms with Crippen molar-refractivity contribution in [2.75, 3.05) is 5.32 Å². The monoisotopic (exact) mass is 358 g/mol. The lowest BCUT2D eigenvalue weighted by atomic mass is 10.2. The number of H-pyrrole nitrogens is 1. The van der Waals surface area contributed by atoms with Gasteiger partial charge in [0, 0.05) is 29.0 Å². The summed E-state index contributed by atoms with van der Waals surface area (Å²) < 4.78 is 0. The van der Waals surface area contributed by atoms with Gasteiger partial charge in [0.25, 0.3) is 0 Å². The quantitative estimate of drug-likeness (QED) is 0.664. The van der Waals surface area contributed by atoms with Crippen molar-refractivity contribution in [3.8, 4) is 11.4 Å². The summed E-state index contributed by atoms with van der Waals surface area (Å²) in [6.45, 7) is 1.48. The molecule has 0 saturated carbocycles. The Labute approximate surface area is 148 Å². The van der Waals surface area contributed by atoms with Gasteiger partial charge in [0.15, 0.2) is 5.82 Å². The number of carbonyl (C=O) groups excluding carboxylic acids is 1. The Kier molecular flexibility index (Phi) is 5.17. The molecule has 0 radical (unpaired) electrons. The molecule has 0 bridgehead atoms. The lowest BCUT2D eigenvalue weighted by Crippen LogP contribution is -2.05. The van der Waals surface area contributed by atoms with E-state index in [1.807, 2.05) is 48.5 Å². The summed E-state index contributed by atoms with van der Waals surface area (Å²) in [6.07, 6.45) is 0. The summed E-state index contributed by atoms with van der Waals surface area (Å²) >= 11 is 7.42. The van der Waals surface area contributed by atoms with Crippen molar-refractivity contribution >= 4 is 35.0 Å². The van der Waals surface area contributed by atoms with Crippen LogP contribution in [0.15, 0.2) is 53.7 Å².